The van der Waals surface area contributed by atoms with Gasteiger partial charge in [-0.3, -0.25) is 4.79 Å². The van der Waals surface area contributed by atoms with Crippen molar-refractivity contribution in [3.63, 3.8) is 0 Å². The Morgan fingerprint density at radius 1 is 1.30 bits per heavy atom. The molecule has 4 nitrogen and oxygen atoms in total. The minimum atomic E-state index is -0.581. The summed E-state index contributed by atoms with van der Waals surface area (Å²) in [5, 5.41) is 0.872. The molecule has 1 aromatic heterocycles. The Morgan fingerprint density at radius 2 is 2.00 bits per heavy atom. The number of rotatable bonds is 3. The van der Waals surface area contributed by atoms with E-state index in [0.29, 0.717) is 5.92 Å². The number of benzene rings is 1. The summed E-state index contributed by atoms with van der Waals surface area (Å²) in [4.78, 5) is 26.5. The number of esters is 1. The lowest BCUT2D eigenvalue weighted by molar-refractivity contribution is 0.0524. The zero-order valence-electron chi connectivity index (χ0n) is 12.2. The Bertz CT molecular complexity index is 713. The van der Waals surface area contributed by atoms with Crippen molar-refractivity contribution in [2.75, 3.05) is 6.61 Å². The molecule has 0 saturated carbocycles. The molecule has 0 spiro atoms. The molecule has 2 aromatic rings. The Kier molecular flexibility index (Phi) is 3.93. The predicted molar refractivity (Wildman–Crippen MR) is 79.4 cm³/mol. The second-order valence-electron chi connectivity index (χ2n) is 5.19. The molecule has 0 radical (unpaired) electrons. The van der Waals surface area contributed by atoms with E-state index in [1.54, 1.807) is 13.0 Å². The molecule has 0 aliphatic carbocycles. The molecule has 0 aliphatic heterocycles. The zero-order chi connectivity index (χ0) is 14.9. The quantitative estimate of drug-likeness (QED) is 0.874. The average Bonchev–Trinajstić information content (AvgIpc) is 2.37. The molecular formula is C16H19NO3. The predicted octanol–water partition coefficient (Wildman–Crippen LogP) is 3.14. The Labute approximate surface area is 117 Å². The molecule has 0 unspecified atom stereocenters. The number of pyridine rings is 1. The van der Waals surface area contributed by atoms with Gasteiger partial charge in [0.15, 0.2) is 0 Å². The number of nitrogens with one attached hydrogen (secondary N) is 1. The molecule has 1 N–H and O–H groups in total. The molecular weight excluding hydrogens is 254 g/mol. The summed E-state index contributed by atoms with van der Waals surface area (Å²) in [6.07, 6.45) is 0. The number of aryl methyl sites for hydroxylation is 1. The highest BCUT2D eigenvalue weighted by molar-refractivity contribution is 5.94. The topological polar surface area (TPSA) is 59.2 Å². The molecule has 0 fully saturated rings. The van der Waals surface area contributed by atoms with E-state index >= 15 is 0 Å². The van der Waals surface area contributed by atoms with Gasteiger partial charge in [0.05, 0.1) is 6.61 Å². The van der Waals surface area contributed by atoms with E-state index in [-0.39, 0.29) is 12.2 Å². The number of aromatic nitrogens is 1. The lowest BCUT2D eigenvalue weighted by atomic mass is 9.97. The second-order valence-corrected chi connectivity index (χ2v) is 5.19. The van der Waals surface area contributed by atoms with Gasteiger partial charge < -0.3 is 9.72 Å². The van der Waals surface area contributed by atoms with Gasteiger partial charge in [0.2, 0.25) is 0 Å². The van der Waals surface area contributed by atoms with Crippen LogP contribution >= 0.6 is 0 Å². The summed E-state index contributed by atoms with van der Waals surface area (Å²) in [7, 11) is 0. The van der Waals surface area contributed by atoms with E-state index in [2.05, 4.69) is 24.9 Å². The highest BCUT2D eigenvalue weighted by atomic mass is 16.5. The van der Waals surface area contributed by atoms with Crippen LogP contribution in [0, 0.1) is 6.92 Å². The molecule has 0 bridgehead atoms. The largest absolute Gasteiger partial charge is 0.462 e. The van der Waals surface area contributed by atoms with Crippen molar-refractivity contribution < 1.29 is 9.53 Å². The third-order valence-corrected chi connectivity index (χ3v) is 3.35. The fourth-order valence-electron chi connectivity index (χ4n) is 2.21. The smallest absolute Gasteiger partial charge is 0.343 e. The zero-order valence-corrected chi connectivity index (χ0v) is 12.2. The van der Waals surface area contributed by atoms with Crippen molar-refractivity contribution >= 4 is 16.9 Å². The summed E-state index contributed by atoms with van der Waals surface area (Å²) >= 11 is 0. The van der Waals surface area contributed by atoms with E-state index in [1.807, 2.05) is 13.0 Å². The molecule has 2 rings (SSSR count). The van der Waals surface area contributed by atoms with E-state index in [1.165, 1.54) is 0 Å². The van der Waals surface area contributed by atoms with Crippen LogP contribution in [0.4, 0.5) is 0 Å². The second kappa shape index (κ2) is 5.49. The summed E-state index contributed by atoms with van der Waals surface area (Å²) in [6, 6.07) is 5.66. The lowest BCUT2D eigenvalue weighted by Crippen LogP contribution is -2.19. The van der Waals surface area contributed by atoms with Gasteiger partial charge in [0.25, 0.3) is 5.56 Å². The third kappa shape index (κ3) is 2.59. The molecule has 0 atom stereocenters. The van der Waals surface area contributed by atoms with Gasteiger partial charge in [-0.2, -0.15) is 0 Å². The van der Waals surface area contributed by atoms with E-state index < -0.39 is 11.5 Å². The number of carbonyl (C=O) groups excluding carboxylic acids is 1. The van der Waals surface area contributed by atoms with Crippen molar-refractivity contribution in [3.8, 4) is 0 Å². The third-order valence-electron chi connectivity index (χ3n) is 3.35. The van der Waals surface area contributed by atoms with Gasteiger partial charge in [-0.05, 0) is 43.0 Å². The molecule has 0 aliphatic rings. The Morgan fingerprint density at radius 3 is 2.60 bits per heavy atom. The summed E-state index contributed by atoms with van der Waals surface area (Å²) in [5.41, 5.74) is 2.60. The normalized spacial score (nSPS) is 11.1. The number of H-pyrrole nitrogens is 1. The van der Waals surface area contributed by atoms with Crippen LogP contribution in [0.3, 0.4) is 0 Å². The first-order valence-corrected chi connectivity index (χ1v) is 6.78. The molecule has 1 heterocycles. The highest BCUT2D eigenvalue weighted by Crippen LogP contribution is 2.23. The summed E-state index contributed by atoms with van der Waals surface area (Å²) in [5.74, 6) is -0.200. The van der Waals surface area contributed by atoms with Crippen LogP contribution in [0.5, 0.6) is 0 Å². The van der Waals surface area contributed by atoms with Gasteiger partial charge in [-0.15, -0.1) is 0 Å². The first kappa shape index (κ1) is 14.3. The summed E-state index contributed by atoms with van der Waals surface area (Å²) in [6.45, 7) is 8.15. The van der Waals surface area contributed by atoms with Crippen molar-refractivity contribution in [3.05, 3.63) is 45.2 Å². The van der Waals surface area contributed by atoms with Crippen LogP contribution in [0.2, 0.25) is 0 Å². The van der Waals surface area contributed by atoms with Crippen LogP contribution in [0.1, 0.15) is 48.2 Å². The van der Waals surface area contributed by atoms with Crippen molar-refractivity contribution in [2.24, 2.45) is 0 Å². The fourth-order valence-corrected chi connectivity index (χ4v) is 2.21. The van der Waals surface area contributed by atoms with Crippen molar-refractivity contribution in [1.29, 1.82) is 0 Å². The Balaban J connectivity index is 2.66. The molecule has 106 valence electrons. The van der Waals surface area contributed by atoms with Crippen LogP contribution in [-0.4, -0.2) is 17.6 Å². The van der Waals surface area contributed by atoms with E-state index in [0.717, 1.165) is 22.0 Å². The first-order valence-electron chi connectivity index (χ1n) is 6.78. The van der Waals surface area contributed by atoms with Crippen LogP contribution in [-0.2, 0) is 4.74 Å². The van der Waals surface area contributed by atoms with Gasteiger partial charge in [0.1, 0.15) is 5.56 Å². The Hall–Kier alpha value is -2.10. The minimum Gasteiger partial charge on any atom is -0.462 e. The SMILES string of the molecule is CCOC(=O)c1cc2c(C)cc(C(C)C)cc2[nH]c1=O. The molecule has 0 amide bonds. The molecule has 1 aromatic carbocycles. The number of fused-ring (bicyclic) bond motifs is 1. The van der Waals surface area contributed by atoms with Gasteiger partial charge in [-0.25, -0.2) is 4.79 Å². The van der Waals surface area contributed by atoms with Crippen LogP contribution in [0.15, 0.2) is 23.0 Å². The van der Waals surface area contributed by atoms with Gasteiger partial charge >= 0.3 is 5.97 Å². The van der Waals surface area contributed by atoms with Gasteiger partial charge in [0, 0.05) is 10.9 Å². The molecule has 20 heavy (non-hydrogen) atoms. The lowest BCUT2D eigenvalue weighted by Gasteiger charge is -2.11. The molecule has 0 saturated heterocycles. The standard InChI is InChI=1S/C16H19NO3/c1-5-20-16(19)13-8-12-10(4)6-11(9(2)3)7-14(12)17-15(13)18/h6-9H,5H2,1-4H3,(H,17,18). The number of carbonyl (C=O) groups is 1. The fraction of sp³-hybridized carbons (Fsp3) is 0.375. The average molecular weight is 273 g/mol. The van der Waals surface area contributed by atoms with E-state index in [4.69, 9.17) is 4.74 Å². The minimum absolute atomic E-state index is 0.0553. The van der Waals surface area contributed by atoms with Crippen molar-refractivity contribution in [2.45, 2.75) is 33.6 Å². The van der Waals surface area contributed by atoms with Crippen molar-refractivity contribution in [1.82, 2.24) is 4.98 Å². The molecule has 4 heteroatoms. The van der Waals surface area contributed by atoms with Crippen LogP contribution < -0.4 is 5.56 Å². The maximum Gasteiger partial charge on any atom is 0.343 e. The maximum atomic E-state index is 12.0. The monoisotopic (exact) mass is 273 g/mol. The highest BCUT2D eigenvalue weighted by Gasteiger charge is 2.14. The number of hydrogen-bond acceptors (Lipinski definition) is 3. The first-order chi connectivity index (χ1) is 9.43. The van der Waals surface area contributed by atoms with Gasteiger partial charge in [-0.1, -0.05) is 19.9 Å². The van der Waals surface area contributed by atoms with E-state index in [9.17, 15) is 9.59 Å². The van der Waals surface area contributed by atoms with Crippen LogP contribution in [0.25, 0.3) is 10.9 Å². The summed E-state index contributed by atoms with van der Waals surface area (Å²) < 4.78 is 4.90. The number of hydrogen-bond donors (Lipinski definition) is 1. The number of ether oxygens (including phenoxy) is 1. The maximum absolute atomic E-state index is 12.0. The number of aromatic amines is 1.